The Morgan fingerprint density at radius 3 is 2.20 bits per heavy atom. The van der Waals surface area contributed by atoms with Crippen molar-refractivity contribution in [2.75, 3.05) is 13.1 Å². The molecule has 30 heavy (non-hydrogen) atoms. The minimum absolute atomic E-state index is 0.378. The number of rotatable bonds is 4. The molecule has 1 saturated carbocycles. The second kappa shape index (κ2) is 8.54. The number of piperidine rings is 1. The van der Waals surface area contributed by atoms with Crippen LogP contribution in [0.2, 0.25) is 0 Å². The first-order valence-corrected chi connectivity index (χ1v) is 12.1. The first-order chi connectivity index (χ1) is 14.2. The molecule has 4 rings (SSSR count). The average Bonchev–Trinajstić information content (AvgIpc) is 2.69. The van der Waals surface area contributed by atoms with Crippen LogP contribution < -0.4 is 4.74 Å². The van der Waals surface area contributed by atoms with E-state index in [1.165, 1.54) is 68.0 Å². The minimum Gasteiger partial charge on any atom is -0.490 e. The Morgan fingerprint density at radius 1 is 0.900 bits per heavy atom. The lowest BCUT2D eigenvalue weighted by atomic mass is 9.72. The molecule has 1 heterocycles. The van der Waals surface area contributed by atoms with Crippen LogP contribution in [-0.2, 0) is 6.54 Å². The van der Waals surface area contributed by atoms with Crippen LogP contribution in [0.3, 0.4) is 0 Å². The number of hydrogen-bond acceptors (Lipinski definition) is 2. The zero-order chi connectivity index (χ0) is 21.4. The first kappa shape index (κ1) is 21.7. The Hall–Kier alpha value is -1.54. The molecule has 0 amide bonds. The van der Waals surface area contributed by atoms with E-state index in [0.29, 0.717) is 16.9 Å². The maximum atomic E-state index is 6.39. The van der Waals surface area contributed by atoms with E-state index in [1.54, 1.807) is 0 Å². The molecule has 2 aromatic carbocycles. The van der Waals surface area contributed by atoms with Gasteiger partial charge in [0.15, 0.2) is 0 Å². The molecule has 164 valence electrons. The monoisotopic (exact) mass is 407 g/mol. The third kappa shape index (κ3) is 5.38. The Morgan fingerprint density at radius 2 is 1.53 bits per heavy atom. The van der Waals surface area contributed by atoms with Gasteiger partial charge in [-0.15, -0.1) is 0 Å². The van der Waals surface area contributed by atoms with Crippen LogP contribution in [0.4, 0.5) is 0 Å². The molecular formula is C28H41NO. The van der Waals surface area contributed by atoms with E-state index >= 15 is 0 Å². The van der Waals surface area contributed by atoms with Gasteiger partial charge < -0.3 is 4.74 Å². The Balaban J connectivity index is 1.35. The summed E-state index contributed by atoms with van der Waals surface area (Å²) in [7, 11) is 0. The number of likely N-dealkylation sites (tertiary alicyclic amines) is 1. The molecule has 1 aliphatic heterocycles. The fraction of sp³-hybridized carbons (Fsp3) is 0.643. The zero-order valence-electron chi connectivity index (χ0n) is 19.8. The molecule has 0 radical (unpaired) electrons. The fourth-order valence-electron chi connectivity index (χ4n) is 5.26. The van der Waals surface area contributed by atoms with Crippen LogP contribution in [0.25, 0.3) is 10.8 Å². The van der Waals surface area contributed by atoms with E-state index in [-0.39, 0.29) is 0 Å². The number of nitrogens with zero attached hydrogens (tertiary/aromatic N) is 1. The van der Waals surface area contributed by atoms with Gasteiger partial charge in [0.25, 0.3) is 0 Å². The van der Waals surface area contributed by atoms with Crippen molar-refractivity contribution in [2.24, 2.45) is 16.7 Å². The zero-order valence-corrected chi connectivity index (χ0v) is 19.8. The van der Waals surface area contributed by atoms with E-state index in [2.05, 4.69) is 75.9 Å². The number of ether oxygens (including phenoxy) is 1. The second-order valence-electron chi connectivity index (χ2n) is 11.7. The second-order valence-corrected chi connectivity index (χ2v) is 11.7. The molecule has 2 aromatic rings. The molecule has 2 nitrogen and oxygen atoms in total. The summed E-state index contributed by atoms with van der Waals surface area (Å²) in [5.74, 6) is 1.87. The molecule has 1 saturated heterocycles. The highest BCUT2D eigenvalue weighted by Gasteiger charge is 2.30. The van der Waals surface area contributed by atoms with Crippen LogP contribution in [0, 0.1) is 16.7 Å². The highest BCUT2D eigenvalue weighted by Crippen LogP contribution is 2.39. The summed E-state index contributed by atoms with van der Waals surface area (Å²) in [5.41, 5.74) is 2.37. The molecule has 2 aliphatic rings. The Labute approximate surface area is 184 Å². The highest BCUT2D eigenvalue weighted by atomic mass is 16.5. The first-order valence-electron chi connectivity index (χ1n) is 12.1. The van der Waals surface area contributed by atoms with Gasteiger partial charge in [-0.3, -0.25) is 4.90 Å². The van der Waals surface area contributed by atoms with Crippen molar-refractivity contribution in [3.63, 3.8) is 0 Å². The van der Waals surface area contributed by atoms with Gasteiger partial charge >= 0.3 is 0 Å². The van der Waals surface area contributed by atoms with E-state index in [4.69, 9.17) is 4.74 Å². The largest absolute Gasteiger partial charge is 0.490 e. The molecule has 2 fully saturated rings. The molecule has 0 unspecified atom stereocenters. The summed E-state index contributed by atoms with van der Waals surface area (Å²) < 4.78 is 6.39. The van der Waals surface area contributed by atoms with Gasteiger partial charge in [0.05, 0.1) is 6.10 Å². The molecule has 0 bridgehead atoms. The minimum atomic E-state index is 0.378. The lowest BCUT2D eigenvalue weighted by Gasteiger charge is -2.37. The normalized spacial score (nSPS) is 25.4. The standard InChI is InChI=1S/C28H41NO/c1-27(2,3)24-9-12-25(13-10-24)30-26-11-8-22-18-21(6-7-23(22)19-26)20-29-16-14-28(4,5)15-17-29/h6-8,11,18-19,24-25H,9-10,12-17,20H2,1-5H3. The molecule has 0 atom stereocenters. The lowest BCUT2D eigenvalue weighted by Crippen LogP contribution is -2.36. The molecule has 1 aliphatic carbocycles. The van der Waals surface area contributed by atoms with Crippen molar-refractivity contribution in [1.82, 2.24) is 4.90 Å². The van der Waals surface area contributed by atoms with Crippen LogP contribution in [0.15, 0.2) is 36.4 Å². The SMILES string of the molecule is CC1(C)CCN(Cc2ccc3cc(OC4CCC(C(C)(C)C)CC4)ccc3c2)CC1. The van der Waals surface area contributed by atoms with Crippen LogP contribution >= 0.6 is 0 Å². The van der Waals surface area contributed by atoms with Gasteiger partial charge in [0.1, 0.15) is 5.75 Å². The molecular weight excluding hydrogens is 366 g/mol. The Kier molecular flexibility index (Phi) is 6.17. The average molecular weight is 408 g/mol. The van der Waals surface area contributed by atoms with Crippen LogP contribution in [0.1, 0.15) is 78.7 Å². The van der Waals surface area contributed by atoms with Gasteiger partial charge in [0.2, 0.25) is 0 Å². The van der Waals surface area contributed by atoms with Crippen molar-refractivity contribution >= 4 is 10.8 Å². The predicted octanol–water partition coefficient (Wildman–Crippen LogP) is 7.45. The maximum absolute atomic E-state index is 6.39. The molecule has 0 aromatic heterocycles. The predicted molar refractivity (Wildman–Crippen MR) is 128 cm³/mol. The quantitative estimate of drug-likeness (QED) is 0.522. The summed E-state index contributed by atoms with van der Waals surface area (Å²) >= 11 is 0. The van der Waals surface area contributed by atoms with E-state index in [9.17, 15) is 0 Å². The van der Waals surface area contributed by atoms with E-state index < -0.39 is 0 Å². The summed E-state index contributed by atoms with van der Waals surface area (Å²) in [6.45, 7) is 15.4. The van der Waals surface area contributed by atoms with Crippen molar-refractivity contribution in [3.05, 3.63) is 42.0 Å². The summed E-state index contributed by atoms with van der Waals surface area (Å²) in [4.78, 5) is 2.61. The van der Waals surface area contributed by atoms with Crippen molar-refractivity contribution in [3.8, 4) is 5.75 Å². The van der Waals surface area contributed by atoms with Gasteiger partial charge in [-0.05, 0) is 103 Å². The third-order valence-electron chi connectivity index (χ3n) is 7.69. The Bertz CT molecular complexity index is 845. The topological polar surface area (TPSA) is 12.5 Å². The van der Waals surface area contributed by atoms with E-state index in [0.717, 1.165) is 18.2 Å². The highest BCUT2D eigenvalue weighted by molar-refractivity contribution is 5.84. The number of fused-ring (bicyclic) bond motifs is 1. The van der Waals surface area contributed by atoms with Gasteiger partial charge in [-0.2, -0.15) is 0 Å². The lowest BCUT2D eigenvalue weighted by molar-refractivity contribution is 0.0883. The van der Waals surface area contributed by atoms with Crippen molar-refractivity contribution in [2.45, 2.75) is 85.8 Å². The summed E-state index contributed by atoms with van der Waals surface area (Å²) in [6, 6.07) is 13.6. The van der Waals surface area contributed by atoms with Crippen molar-refractivity contribution < 1.29 is 4.74 Å². The molecule has 0 spiro atoms. The van der Waals surface area contributed by atoms with E-state index in [1.807, 2.05) is 0 Å². The smallest absolute Gasteiger partial charge is 0.120 e. The van der Waals surface area contributed by atoms with Gasteiger partial charge in [-0.1, -0.05) is 52.8 Å². The van der Waals surface area contributed by atoms with Crippen molar-refractivity contribution in [1.29, 1.82) is 0 Å². The third-order valence-corrected chi connectivity index (χ3v) is 7.69. The number of hydrogen-bond donors (Lipinski definition) is 0. The van der Waals surface area contributed by atoms with Gasteiger partial charge in [0, 0.05) is 6.54 Å². The molecule has 2 heteroatoms. The number of benzene rings is 2. The fourth-order valence-corrected chi connectivity index (χ4v) is 5.26. The van der Waals surface area contributed by atoms with Crippen LogP contribution in [-0.4, -0.2) is 24.1 Å². The van der Waals surface area contributed by atoms with Crippen LogP contribution in [0.5, 0.6) is 5.75 Å². The summed E-state index contributed by atoms with van der Waals surface area (Å²) in [5, 5.41) is 2.62. The maximum Gasteiger partial charge on any atom is 0.120 e. The van der Waals surface area contributed by atoms with Gasteiger partial charge in [-0.25, -0.2) is 0 Å². The summed E-state index contributed by atoms with van der Waals surface area (Å²) in [6.07, 6.45) is 7.94. The molecule has 0 N–H and O–H groups in total.